The molecule has 0 amide bonds. The number of hydrogen-bond donors (Lipinski definition) is 1. The molecule has 2 atom stereocenters. The monoisotopic (exact) mass is 325 g/mol. The molecular weight excluding hydrogens is 311 g/mol. The smallest absolute Gasteiger partial charge is 0.426 e. The third-order valence-electron chi connectivity index (χ3n) is 2.52. The lowest BCUT2D eigenvalue weighted by Gasteiger charge is -2.26. The van der Waals surface area contributed by atoms with Gasteiger partial charge >= 0.3 is 6.18 Å². The van der Waals surface area contributed by atoms with Gasteiger partial charge in [-0.25, -0.2) is 0 Å². The Labute approximate surface area is 112 Å². The number of halogens is 4. The highest BCUT2D eigenvalue weighted by molar-refractivity contribution is 9.10. The molecule has 1 aromatic carbocycles. The molecule has 2 nitrogen and oxygen atoms in total. The summed E-state index contributed by atoms with van der Waals surface area (Å²) in [5.74, 6) is 0.145. The van der Waals surface area contributed by atoms with E-state index in [1.54, 1.807) is 19.1 Å². The fraction of sp³-hybridized carbons (Fsp3) is 0.500. The van der Waals surface area contributed by atoms with Gasteiger partial charge in [0.2, 0.25) is 6.10 Å². The molecule has 0 aliphatic rings. The van der Waals surface area contributed by atoms with E-state index in [2.05, 4.69) is 15.9 Å². The Hall–Kier alpha value is -0.750. The van der Waals surface area contributed by atoms with E-state index in [0.29, 0.717) is 4.47 Å². The first-order valence-electron chi connectivity index (χ1n) is 5.50. The Bertz CT molecular complexity index is 409. The minimum absolute atomic E-state index is 0.145. The zero-order valence-electron chi connectivity index (χ0n) is 10.1. The Morgan fingerprint density at radius 3 is 2.44 bits per heavy atom. The van der Waals surface area contributed by atoms with Crippen LogP contribution < -0.4 is 10.5 Å². The third kappa shape index (κ3) is 3.88. The Morgan fingerprint density at radius 2 is 2.00 bits per heavy atom. The molecule has 0 aromatic heterocycles. The summed E-state index contributed by atoms with van der Waals surface area (Å²) in [6.07, 6.45) is -6.30. The van der Waals surface area contributed by atoms with Crippen molar-refractivity contribution >= 4 is 15.9 Å². The molecule has 0 aliphatic heterocycles. The Balaban J connectivity index is 2.96. The molecule has 0 radical (unpaired) electrons. The standard InChI is InChI=1S/C12H15BrF3NO/c1-3-9(17)11(12(14,15)16)18-10-5-4-7(2)6-8(10)13/h4-6,9,11H,3,17H2,1-2H3. The summed E-state index contributed by atoms with van der Waals surface area (Å²) in [6.45, 7) is 3.44. The normalized spacial score (nSPS) is 15.3. The fourth-order valence-corrected chi connectivity index (χ4v) is 2.04. The van der Waals surface area contributed by atoms with Crippen molar-refractivity contribution < 1.29 is 17.9 Å². The molecule has 0 saturated heterocycles. The predicted octanol–water partition coefficient (Wildman–Crippen LogP) is 3.80. The first-order chi connectivity index (χ1) is 8.25. The Kier molecular flexibility index (Phi) is 5.04. The van der Waals surface area contributed by atoms with Crippen LogP contribution in [-0.2, 0) is 0 Å². The number of benzene rings is 1. The number of aryl methyl sites for hydroxylation is 1. The van der Waals surface area contributed by atoms with E-state index in [-0.39, 0.29) is 12.2 Å². The van der Waals surface area contributed by atoms with Gasteiger partial charge in [-0.05, 0) is 47.0 Å². The summed E-state index contributed by atoms with van der Waals surface area (Å²) in [7, 11) is 0. The molecule has 2 N–H and O–H groups in total. The van der Waals surface area contributed by atoms with Crippen LogP contribution in [0.25, 0.3) is 0 Å². The van der Waals surface area contributed by atoms with Crippen LogP contribution in [0, 0.1) is 6.92 Å². The summed E-state index contributed by atoms with van der Waals surface area (Å²) >= 11 is 3.18. The maximum Gasteiger partial charge on any atom is 0.426 e. The third-order valence-corrected chi connectivity index (χ3v) is 3.14. The first-order valence-corrected chi connectivity index (χ1v) is 6.30. The van der Waals surface area contributed by atoms with Gasteiger partial charge in [0.05, 0.1) is 10.5 Å². The van der Waals surface area contributed by atoms with Gasteiger partial charge in [0.1, 0.15) is 5.75 Å². The van der Waals surface area contributed by atoms with Gasteiger partial charge in [0.15, 0.2) is 0 Å². The minimum atomic E-state index is -4.49. The Morgan fingerprint density at radius 1 is 1.39 bits per heavy atom. The van der Waals surface area contributed by atoms with Gasteiger partial charge < -0.3 is 10.5 Å². The summed E-state index contributed by atoms with van der Waals surface area (Å²) in [6, 6.07) is 3.80. The van der Waals surface area contributed by atoms with Crippen molar-refractivity contribution in [1.82, 2.24) is 0 Å². The molecular formula is C12H15BrF3NO. The fourth-order valence-electron chi connectivity index (χ4n) is 1.45. The highest BCUT2D eigenvalue weighted by Gasteiger charge is 2.45. The quantitative estimate of drug-likeness (QED) is 0.913. The predicted molar refractivity (Wildman–Crippen MR) is 67.6 cm³/mol. The van der Waals surface area contributed by atoms with E-state index < -0.39 is 18.3 Å². The highest BCUT2D eigenvalue weighted by Crippen LogP contribution is 2.32. The van der Waals surface area contributed by atoms with Crippen molar-refractivity contribution in [3.63, 3.8) is 0 Å². The van der Waals surface area contributed by atoms with E-state index >= 15 is 0 Å². The average Bonchev–Trinajstić information content (AvgIpc) is 2.25. The molecule has 1 rings (SSSR count). The van der Waals surface area contributed by atoms with Crippen LogP contribution in [0.15, 0.2) is 22.7 Å². The second-order valence-corrected chi connectivity index (χ2v) is 4.94. The molecule has 0 fully saturated rings. The molecule has 1 aromatic rings. The topological polar surface area (TPSA) is 35.2 Å². The highest BCUT2D eigenvalue weighted by atomic mass is 79.9. The molecule has 6 heteroatoms. The summed E-state index contributed by atoms with van der Waals surface area (Å²) in [4.78, 5) is 0. The van der Waals surface area contributed by atoms with Gasteiger partial charge in [0.25, 0.3) is 0 Å². The molecule has 0 spiro atoms. The van der Waals surface area contributed by atoms with Crippen molar-refractivity contribution in [3.8, 4) is 5.75 Å². The van der Waals surface area contributed by atoms with Gasteiger partial charge in [-0.1, -0.05) is 13.0 Å². The van der Waals surface area contributed by atoms with Crippen LogP contribution in [0.2, 0.25) is 0 Å². The van der Waals surface area contributed by atoms with Crippen LogP contribution in [0.3, 0.4) is 0 Å². The maximum absolute atomic E-state index is 12.8. The van der Waals surface area contributed by atoms with E-state index in [0.717, 1.165) is 5.56 Å². The zero-order valence-corrected chi connectivity index (χ0v) is 11.7. The summed E-state index contributed by atoms with van der Waals surface area (Å²) < 4.78 is 44.0. The second kappa shape index (κ2) is 5.93. The molecule has 0 heterocycles. The molecule has 102 valence electrons. The SMILES string of the molecule is CCC(N)C(Oc1ccc(C)cc1Br)C(F)(F)F. The summed E-state index contributed by atoms with van der Waals surface area (Å²) in [5.41, 5.74) is 6.40. The van der Waals surface area contributed by atoms with Gasteiger partial charge in [-0.3, -0.25) is 0 Å². The van der Waals surface area contributed by atoms with Crippen molar-refractivity contribution in [2.45, 2.75) is 38.6 Å². The van der Waals surface area contributed by atoms with Crippen molar-refractivity contribution in [3.05, 3.63) is 28.2 Å². The van der Waals surface area contributed by atoms with Gasteiger partial charge in [-0.2, -0.15) is 13.2 Å². The summed E-state index contributed by atoms with van der Waals surface area (Å²) in [5, 5.41) is 0. The number of alkyl halides is 3. The van der Waals surface area contributed by atoms with E-state index in [1.165, 1.54) is 6.07 Å². The molecule has 0 aliphatic carbocycles. The molecule has 18 heavy (non-hydrogen) atoms. The maximum atomic E-state index is 12.8. The molecule has 0 bridgehead atoms. The van der Waals surface area contributed by atoms with Gasteiger partial charge in [0, 0.05) is 0 Å². The zero-order chi connectivity index (χ0) is 13.9. The first kappa shape index (κ1) is 15.3. The van der Waals surface area contributed by atoms with E-state index in [1.807, 2.05) is 6.92 Å². The van der Waals surface area contributed by atoms with Crippen LogP contribution in [0.1, 0.15) is 18.9 Å². The van der Waals surface area contributed by atoms with Crippen LogP contribution in [-0.4, -0.2) is 18.3 Å². The van der Waals surface area contributed by atoms with Crippen molar-refractivity contribution in [2.75, 3.05) is 0 Å². The van der Waals surface area contributed by atoms with Crippen LogP contribution >= 0.6 is 15.9 Å². The number of rotatable bonds is 4. The molecule has 2 unspecified atom stereocenters. The number of ether oxygens (including phenoxy) is 1. The van der Waals surface area contributed by atoms with E-state index in [4.69, 9.17) is 10.5 Å². The van der Waals surface area contributed by atoms with Gasteiger partial charge in [-0.15, -0.1) is 0 Å². The minimum Gasteiger partial charge on any atom is -0.478 e. The van der Waals surface area contributed by atoms with Crippen molar-refractivity contribution in [2.24, 2.45) is 5.73 Å². The lowest BCUT2D eigenvalue weighted by atomic mass is 10.1. The largest absolute Gasteiger partial charge is 0.478 e. The van der Waals surface area contributed by atoms with Crippen LogP contribution in [0.4, 0.5) is 13.2 Å². The molecule has 0 saturated carbocycles. The lowest BCUT2D eigenvalue weighted by Crippen LogP contribution is -2.48. The average molecular weight is 326 g/mol. The lowest BCUT2D eigenvalue weighted by molar-refractivity contribution is -0.201. The van der Waals surface area contributed by atoms with E-state index in [9.17, 15) is 13.2 Å². The van der Waals surface area contributed by atoms with Crippen molar-refractivity contribution in [1.29, 1.82) is 0 Å². The number of hydrogen-bond acceptors (Lipinski definition) is 2. The van der Waals surface area contributed by atoms with Crippen LogP contribution in [0.5, 0.6) is 5.75 Å². The number of nitrogens with two attached hydrogens (primary N) is 1. The second-order valence-electron chi connectivity index (χ2n) is 4.09.